The van der Waals surface area contributed by atoms with Gasteiger partial charge in [-0.3, -0.25) is 4.98 Å². The van der Waals surface area contributed by atoms with Crippen molar-refractivity contribution in [1.82, 2.24) is 9.97 Å². The van der Waals surface area contributed by atoms with Gasteiger partial charge in [0.1, 0.15) is 11.8 Å². The minimum Gasteiger partial charge on any atom is -0.480 e. The maximum Gasteiger partial charge on any atom is 0.238 e. The van der Waals surface area contributed by atoms with Gasteiger partial charge in [0.25, 0.3) is 0 Å². The molecular formula is C13H22N2O2. The Morgan fingerprint density at radius 2 is 1.88 bits per heavy atom. The zero-order valence-electron chi connectivity index (χ0n) is 11.3. The van der Waals surface area contributed by atoms with Gasteiger partial charge in [0.2, 0.25) is 5.88 Å². The molecule has 0 amide bonds. The molecular weight excluding hydrogens is 216 g/mol. The van der Waals surface area contributed by atoms with Gasteiger partial charge in [-0.25, -0.2) is 4.98 Å². The summed E-state index contributed by atoms with van der Waals surface area (Å²) in [5.41, 5.74) is 0.683. The van der Waals surface area contributed by atoms with Crippen LogP contribution >= 0.6 is 0 Å². The fourth-order valence-corrected chi connectivity index (χ4v) is 1.52. The lowest BCUT2D eigenvalue weighted by Gasteiger charge is -2.29. The zero-order valence-corrected chi connectivity index (χ0v) is 11.3. The molecule has 0 aliphatic carbocycles. The highest BCUT2D eigenvalue weighted by Crippen LogP contribution is 2.34. The van der Waals surface area contributed by atoms with Crippen molar-refractivity contribution in [2.75, 3.05) is 7.11 Å². The van der Waals surface area contributed by atoms with E-state index >= 15 is 0 Å². The zero-order chi connectivity index (χ0) is 13.1. The molecule has 17 heavy (non-hydrogen) atoms. The topological polar surface area (TPSA) is 55.2 Å². The number of nitrogens with zero attached hydrogens (tertiary/aromatic N) is 2. The molecule has 1 aromatic rings. The van der Waals surface area contributed by atoms with Gasteiger partial charge < -0.3 is 9.84 Å². The molecule has 0 aromatic carbocycles. The Labute approximate surface area is 103 Å². The van der Waals surface area contributed by atoms with Crippen LogP contribution in [0.3, 0.4) is 0 Å². The normalized spacial score (nSPS) is 15.4. The number of aliphatic hydroxyl groups excluding tert-OH is 1. The molecule has 0 saturated carbocycles. The first kappa shape index (κ1) is 13.9. The van der Waals surface area contributed by atoms with Gasteiger partial charge in [0.15, 0.2) is 0 Å². The molecule has 4 nitrogen and oxygen atoms in total. The van der Waals surface area contributed by atoms with E-state index in [4.69, 9.17) is 4.74 Å². The summed E-state index contributed by atoms with van der Waals surface area (Å²) in [6, 6.07) is 0. The van der Waals surface area contributed by atoms with Crippen molar-refractivity contribution in [1.29, 1.82) is 0 Å². The molecule has 0 saturated heterocycles. The largest absolute Gasteiger partial charge is 0.480 e. The minimum absolute atomic E-state index is 0.163. The monoisotopic (exact) mass is 238 g/mol. The van der Waals surface area contributed by atoms with E-state index in [1.165, 1.54) is 7.11 Å². The number of hydrogen-bond acceptors (Lipinski definition) is 4. The number of aliphatic hydroxyl groups is 1. The lowest BCUT2D eigenvalue weighted by molar-refractivity contribution is 0.104. The molecule has 0 fully saturated rings. The van der Waals surface area contributed by atoms with Gasteiger partial charge in [0.05, 0.1) is 7.11 Å². The molecule has 0 aliphatic heterocycles. The van der Waals surface area contributed by atoms with Crippen LogP contribution in [0.15, 0.2) is 12.4 Å². The summed E-state index contributed by atoms with van der Waals surface area (Å²) in [4.78, 5) is 8.19. The quantitative estimate of drug-likeness (QED) is 0.876. The molecule has 1 aromatic heterocycles. The molecule has 0 bridgehead atoms. The highest BCUT2D eigenvalue weighted by Gasteiger charge is 2.25. The van der Waals surface area contributed by atoms with E-state index in [0.717, 1.165) is 0 Å². The van der Waals surface area contributed by atoms with Crippen LogP contribution in [-0.4, -0.2) is 22.2 Å². The van der Waals surface area contributed by atoms with E-state index in [1.807, 2.05) is 0 Å². The third kappa shape index (κ3) is 3.66. The van der Waals surface area contributed by atoms with E-state index in [-0.39, 0.29) is 5.41 Å². The summed E-state index contributed by atoms with van der Waals surface area (Å²) >= 11 is 0. The molecule has 0 radical (unpaired) electrons. The summed E-state index contributed by atoms with van der Waals surface area (Å²) in [7, 11) is 1.54. The van der Waals surface area contributed by atoms with Crippen LogP contribution < -0.4 is 4.74 Å². The Kier molecular flexibility index (Phi) is 4.46. The van der Waals surface area contributed by atoms with Crippen LogP contribution in [-0.2, 0) is 0 Å². The highest BCUT2D eigenvalue weighted by atomic mass is 16.5. The average Bonchev–Trinajstić information content (AvgIpc) is 2.27. The molecule has 1 N–H and O–H groups in total. The van der Waals surface area contributed by atoms with Crippen LogP contribution in [0.5, 0.6) is 5.88 Å². The van der Waals surface area contributed by atoms with Crippen molar-refractivity contribution < 1.29 is 9.84 Å². The molecule has 96 valence electrons. The summed E-state index contributed by atoms with van der Waals surface area (Å²) in [5, 5.41) is 10.2. The van der Waals surface area contributed by atoms with Crippen molar-refractivity contribution in [3.8, 4) is 5.88 Å². The molecule has 1 heterocycles. The van der Waals surface area contributed by atoms with Gasteiger partial charge in [-0.1, -0.05) is 27.7 Å². The predicted octanol–water partition coefficient (Wildman–Crippen LogP) is 2.59. The van der Waals surface area contributed by atoms with Crippen LogP contribution in [0.4, 0.5) is 0 Å². The van der Waals surface area contributed by atoms with Gasteiger partial charge in [-0.15, -0.1) is 0 Å². The van der Waals surface area contributed by atoms with E-state index in [1.54, 1.807) is 12.4 Å². The third-order valence-electron chi connectivity index (χ3n) is 3.26. The number of rotatable bonds is 4. The molecule has 2 atom stereocenters. The smallest absolute Gasteiger partial charge is 0.238 e. The average molecular weight is 238 g/mol. The molecule has 1 rings (SSSR count). The van der Waals surface area contributed by atoms with E-state index < -0.39 is 6.10 Å². The van der Waals surface area contributed by atoms with Crippen molar-refractivity contribution in [3.63, 3.8) is 0 Å². The first-order valence-electron chi connectivity index (χ1n) is 5.89. The van der Waals surface area contributed by atoms with Gasteiger partial charge in [0, 0.05) is 12.4 Å². The van der Waals surface area contributed by atoms with Crippen molar-refractivity contribution >= 4 is 0 Å². The molecule has 0 spiro atoms. The Hall–Kier alpha value is -1.16. The van der Waals surface area contributed by atoms with Crippen molar-refractivity contribution in [3.05, 3.63) is 18.1 Å². The van der Waals surface area contributed by atoms with Crippen LogP contribution in [0.25, 0.3) is 0 Å². The first-order chi connectivity index (χ1) is 7.86. The van der Waals surface area contributed by atoms with Crippen molar-refractivity contribution in [2.24, 2.45) is 11.3 Å². The van der Waals surface area contributed by atoms with E-state index in [0.29, 0.717) is 23.9 Å². The fraction of sp³-hybridized carbons (Fsp3) is 0.692. The second kappa shape index (κ2) is 5.45. The lowest BCUT2D eigenvalue weighted by atomic mass is 9.78. The Morgan fingerprint density at radius 1 is 1.29 bits per heavy atom. The summed E-state index contributed by atoms with van der Waals surface area (Å²) in [5.74, 6) is 0.783. The van der Waals surface area contributed by atoms with E-state index in [9.17, 15) is 5.11 Å². The Balaban J connectivity index is 2.79. The Bertz CT molecular complexity index is 361. The van der Waals surface area contributed by atoms with Crippen LogP contribution in [0.1, 0.15) is 45.9 Å². The molecule has 4 heteroatoms. The van der Waals surface area contributed by atoms with Gasteiger partial charge >= 0.3 is 0 Å². The maximum absolute atomic E-state index is 10.2. The van der Waals surface area contributed by atoms with E-state index in [2.05, 4.69) is 37.7 Å². The Morgan fingerprint density at radius 3 is 2.41 bits per heavy atom. The van der Waals surface area contributed by atoms with Gasteiger partial charge in [-0.05, 0) is 17.8 Å². The molecule has 2 unspecified atom stereocenters. The number of ether oxygens (including phenoxy) is 1. The standard InChI is InChI=1S/C13H22N2O2/c1-9(13(2,3)4)8-10(16)11-12(17-5)15-7-6-14-11/h6-7,9-10,16H,8H2,1-5H3. The highest BCUT2D eigenvalue weighted by molar-refractivity contribution is 5.19. The van der Waals surface area contributed by atoms with Crippen LogP contribution in [0, 0.1) is 11.3 Å². The summed E-state index contributed by atoms with van der Waals surface area (Å²) in [6.07, 6.45) is 3.15. The molecule has 0 aliphatic rings. The maximum atomic E-state index is 10.2. The first-order valence-corrected chi connectivity index (χ1v) is 5.89. The second-order valence-corrected chi connectivity index (χ2v) is 5.47. The predicted molar refractivity (Wildman–Crippen MR) is 66.8 cm³/mol. The van der Waals surface area contributed by atoms with Crippen LogP contribution in [0.2, 0.25) is 0 Å². The lowest BCUT2D eigenvalue weighted by Crippen LogP contribution is -2.20. The second-order valence-electron chi connectivity index (χ2n) is 5.47. The number of aromatic nitrogens is 2. The SMILES string of the molecule is COc1nccnc1C(O)CC(C)C(C)(C)C. The minimum atomic E-state index is -0.632. The number of methoxy groups -OCH3 is 1. The fourth-order valence-electron chi connectivity index (χ4n) is 1.52. The summed E-state index contributed by atoms with van der Waals surface area (Å²) in [6.45, 7) is 8.63. The summed E-state index contributed by atoms with van der Waals surface area (Å²) < 4.78 is 5.10. The van der Waals surface area contributed by atoms with Gasteiger partial charge in [-0.2, -0.15) is 0 Å². The van der Waals surface area contributed by atoms with Crippen molar-refractivity contribution in [2.45, 2.75) is 40.2 Å². The number of hydrogen-bond donors (Lipinski definition) is 1. The third-order valence-corrected chi connectivity index (χ3v) is 3.26.